The summed E-state index contributed by atoms with van der Waals surface area (Å²) in [5.41, 5.74) is 0.974. The van der Waals surface area contributed by atoms with Crippen LogP contribution in [0.15, 0.2) is 18.2 Å². The van der Waals surface area contributed by atoms with E-state index in [0.29, 0.717) is 5.75 Å². The van der Waals surface area contributed by atoms with Gasteiger partial charge in [-0.3, -0.25) is 0 Å². The van der Waals surface area contributed by atoms with E-state index >= 15 is 0 Å². The summed E-state index contributed by atoms with van der Waals surface area (Å²) in [5, 5.41) is 0. The Kier molecular flexibility index (Phi) is 5.09. The smallest absolute Gasteiger partial charge is 0.165 e. The number of methoxy groups -OCH3 is 1. The van der Waals surface area contributed by atoms with Gasteiger partial charge in [0.2, 0.25) is 0 Å². The van der Waals surface area contributed by atoms with Crippen molar-refractivity contribution in [3.05, 3.63) is 29.6 Å². The minimum absolute atomic E-state index is 0.234. The molecule has 0 N–H and O–H groups in total. The molecular weight excluding hydrogens is 259 g/mol. The number of unbranched alkanes of at least 4 members (excludes halogenated alkanes) is 1. The zero-order chi connectivity index (χ0) is 11.3. The molecule has 0 aromatic heterocycles. The Hall–Kier alpha value is -0.570. The molecule has 1 atom stereocenters. The van der Waals surface area contributed by atoms with Crippen molar-refractivity contribution in [2.75, 3.05) is 7.11 Å². The van der Waals surface area contributed by atoms with Crippen LogP contribution in [0.1, 0.15) is 36.6 Å². The molecule has 1 unspecified atom stereocenters. The van der Waals surface area contributed by atoms with Gasteiger partial charge >= 0.3 is 0 Å². The Balaban J connectivity index is 2.73. The van der Waals surface area contributed by atoms with Crippen molar-refractivity contribution in [1.29, 1.82) is 0 Å². The fourth-order valence-electron chi connectivity index (χ4n) is 1.43. The number of ether oxygens (including phenoxy) is 1. The minimum Gasteiger partial charge on any atom is -0.494 e. The van der Waals surface area contributed by atoms with E-state index in [-0.39, 0.29) is 10.6 Å². The largest absolute Gasteiger partial charge is 0.494 e. The first kappa shape index (κ1) is 12.5. The lowest BCUT2D eigenvalue weighted by Gasteiger charge is -2.10. The molecule has 0 fully saturated rings. The third-order valence-corrected chi connectivity index (χ3v) is 3.34. The van der Waals surface area contributed by atoms with Gasteiger partial charge in [-0.05, 0) is 24.1 Å². The molecule has 0 aliphatic carbocycles. The first-order valence-corrected chi connectivity index (χ1v) is 6.08. The molecular formula is C12H16BrFO. The summed E-state index contributed by atoms with van der Waals surface area (Å²) in [4.78, 5) is 0.234. The lowest BCUT2D eigenvalue weighted by atomic mass is 10.1. The number of benzene rings is 1. The van der Waals surface area contributed by atoms with E-state index in [9.17, 15) is 4.39 Å². The maximum atomic E-state index is 13.4. The number of hydrogen-bond donors (Lipinski definition) is 0. The van der Waals surface area contributed by atoms with E-state index in [1.807, 2.05) is 6.07 Å². The van der Waals surface area contributed by atoms with Crippen LogP contribution >= 0.6 is 15.9 Å². The molecule has 0 saturated heterocycles. The van der Waals surface area contributed by atoms with Crippen molar-refractivity contribution < 1.29 is 9.13 Å². The topological polar surface area (TPSA) is 9.23 Å². The molecule has 15 heavy (non-hydrogen) atoms. The van der Waals surface area contributed by atoms with Gasteiger partial charge < -0.3 is 4.74 Å². The predicted molar refractivity (Wildman–Crippen MR) is 64.1 cm³/mol. The van der Waals surface area contributed by atoms with Crippen LogP contribution in [0.2, 0.25) is 0 Å². The van der Waals surface area contributed by atoms with Crippen LogP contribution in [0.3, 0.4) is 0 Å². The molecule has 3 heteroatoms. The van der Waals surface area contributed by atoms with Gasteiger partial charge in [-0.1, -0.05) is 41.8 Å². The van der Waals surface area contributed by atoms with Crippen LogP contribution in [0.4, 0.5) is 4.39 Å². The molecule has 1 nitrogen and oxygen atoms in total. The first-order chi connectivity index (χ1) is 7.19. The molecule has 0 heterocycles. The van der Waals surface area contributed by atoms with Crippen molar-refractivity contribution >= 4 is 15.9 Å². The van der Waals surface area contributed by atoms with Crippen LogP contribution in [-0.2, 0) is 0 Å². The summed E-state index contributed by atoms with van der Waals surface area (Å²) < 4.78 is 18.3. The monoisotopic (exact) mass is 274 g/mol. The third-order valence-electron chi connectivity index (χ3n) is 2.35. The van der Waals surface area contributed by atoms with Gasteiger partial charge in [0.1, 0.15) is 0 Å². The highest BCUT2D eigenvalue weighted by Gasteiger charge is 2.10. The standard InChI is InChI=1S/C12H16BrFO/c1-3-4-5-10(13)9-6-7-12(15-2)11(14)8-9/h6-8,10H,3-5H2,1-2H3. The normalized spacial score (nSPS) is 12.5. The number of halogens is 2. The van der Waals surface area contributed by atoms with Gasteiger partial charge in [-0.2, -0.15) is 0 Å². The molecule has 0 saturated carbocycles. The SMILES string of the molecule is CCCCC(Br)c1ccc(OC)c(F)c1. The van der Waals surface area contributed by atoms with Crippen molar-refractivity contribution in [2.24, 2.45) is 0 Å². The van der Waals surface area contributed by atoms with Gasteiger partial charge in [-0.25, -0.2) is 4.39 Å². The molecule has 0 radical (unpaired) electrons. The molecule has 0 amide bonds. The average Bonchev–Trinajstić information content (AvgIpc) is 2.25. The van der Waals surface area contributed by atoms with Gasteiger partial charge in [0.05, 0.1) is 7.11 Å². The second kappa shape index (κ2) is 6.11. The summed E-state index contributed by atoms with van der Waals surface area (Å²) >= 11 is 3.56. The second-order valence-electron chi connectivity index (χ2n) is 3.50. The van der Waals surface area contributed by atoms with Gasteiger partial charge in [0, 0.05) is 4.83 Å². The van der Waals surface area contributed by atoms with E-state index in [0.717, 1.165) is 24.8 Å². The quantitative estimate of drug-likeness (QED) is 0.721. The van der Waals surface area contributed by atoms with Crippen molar-refractivity contribution in [3.8, 4) is 5.75 Å². The van der Waals surface area contributed by atoms with Gasteiger partial charge in [0.25, 0.3) is 0 Å². The summed E-state index contributed by atoms with van der Waals surface area (Å²) in [5.74, 6) is 0.00453. The zero-order valence-electron chi connectivity index (χ0n) is 9.09. The van der Waals surface area contributed by atoms with E-state index < -0.39 is 0 Å². The van der Waals surface area contributed by atoms with Gasteiger partial charge in [0.15, 0.2) is 11.6 Å². The van der Waals surface area contributed by atoms with Crippen LogP contribution in [-0.4, -0.2) is 7.11 Å². The van der Waals surface area contributed by atoms with E-state index in [1.54, 1.807) is 6.07 Å². The molecule has 1 aromatic rings. The molecule has 84 valence electrons. The lowest BCUT2D eigenvalue weighted by Crippen LogP contribution is -1.94. The minimum atomic E-state index is -0.295. The van der Waals surface area contributed by atoms with Crippen LogP contribution in [0.25, 0.3) is 0 Å². The first-order valence-electron chi connectivity index (χ1n) is 5.16. The summed E-state index contributed by atoms with van der Waals surface area (Å²) in [7, 11) is 1.47. The molecule has 1 aromatic carbocycles. The fraction of sp³-hybridized carbons (Fsp3) is 0.500. The summed E-state index contributed by atoms with van der Waals surface area (Å²) in [6.45, 7) is 2.15. The van der Waals surface area contributed by atoms with E-state index in [1.165, 1.54) is 13.2 Å². The van der Waals surface area contributed by atoms with Crippen molar-refractivity contribution in [2.45, 2.75) is 31.0 Å². The Morgan fingerprint density at radius 2 is 2.20 bits per heavy atom. The third kappa shape index (κ3) is 3.49. The maximum absolute atomic E-state index is 13.4. The molecule has 1 rings (SSSR count). The number of hydrogen-bond acceptors (Lipinski definition) is 1. The Morgan fingerprint density at radius 3 is 2.73 bits per heavy atom. The van der Waals surface area contributed by atoms with E-state index in [4.69, 9.17) is 4.74 Å². The fourth-order valence-corrected chi connectivity index (χ4v) is 2.04. The molecule has 0 aliphatic heterocycles. The van der Waals surface area contributed by atoms with Crippen LogP contribution < -0.4 is 4.74 Å². The average molecular weight is 275 g/mol. The van der Waals surface area contributed by atoms with Gasteiger partial charge in [-0.15, -0.1) is 0 Å². The number of rotatable bonds is 5. The Bertz CT molecular complexity index is 314. The Labute approximate surface area is 98.8 Å². The molecule has 0 aliphatic rings. The number of alkyl halides is 1. The zero-order valence-corrected chi connectivity index (χ0v) is 10.7. The summed E-state index contributed by atoms with van der Waals surface area (Å²) in [6.07, 6.45) is 3.33. The highest BCUT2D eigenvalue weighted by Crippen LogP contribution is 2.30. The lowest BCUT2D eigenvalue weighted by molar-refractivity contribution is 0.386. The molecule has 0 bridgehead atoms. The molecule has 0 spiro atoms. The van der Waals surface area contributed by atoms with Crippen LogP contribution in [0, 0.1) is 5.82 Å². The van der Waals surface area contributed by atoms with E-state index in [2.05, 4.69) is 22.9 Å². The summed E-state index contributed by atoms with van der Waals surface area (Å²) in [6, 6.07) is 5.11. The van der Waals surface area contributed by atoms with Crippen LogP contribution in [0.5, 0.6) is 5.75 Å². The maximum Gasteiger partial charge on any atom is 0.165 e. The second-order valence-corrected chi connectivity index (χ2v) is 4.61. The Morgan fingerprint density at radius 1 is 1.47 bits per heavy atom. The predicted octanol–water partition coefficient (Wildman–Crippen LogP) is 4.46. The highest BCUT2D eigenvalue weighted by molar-refractivity contribution is 9.09. The van der Waals surface area contributed by atoms with Crippen molar-refractivity contribution in [3.63, 3.8) is 0 Å². The van der Waals surface area contributed by atoms with Crippen molar-refractivity contribution in [1.82, 2.24) is 0 Å². The highest BCUT2D eigenvalue weighted by atomic mass is 79.9.